The molecule has 32 heavy (non-hydrogen) atoms. The summed E-state index contributed by atoms with van der Waals surface area (Å²) in [4.78, 5) is 19.6. The number of nitrogens with zero attached hydrogens (tertiary/aromatic N) is 3. The van der Waals surface area contributed by atoms with E-state index in [9.17, 15) is 9.18 Å². The number of methoxy groups -OCH3 is 1. The lowest BCUT2D eigenvalue weighted by molar-refractivity contribution is -0.132. The van der Waals surface area contributed by atoms with Gasteiger partial charge in [0.2, 0.25) is 0 Å². The van der Waals surface area contributed by atoms with Crippen LogP contribution in [0.5, 0.6) is 5.75 Å². The molecule has 5 nitrogen and oxygen atoms in total. The lowest BCUT2D eigenvalue weighted by Crippen LogP contribution is -2.45. The maximum Gasteiger partial charge on any atom is 0.250 e. The highest BCUT2D eigenvalue weighted by Gasteiger charge is 2.33. The first-order valence-corrected chi connectivity index (χ1v) is 10.8. The van der Waals surface area contributed by atoms with Crippen molar-refractivity contribution in [3.63, 3.8) is 0 Å². The van der Waals surface area contributed by atoms with Crippen LogP contribution >= 0.6 is 0 Å². The first kappa shape index (κ1) is 21.8. The van der Waals surface area contributed by atoms with Crippen molar-refractivity contribution in [3.8, 4) is 11.4 Å². The molecule has 4 rings (SSSR count). The number of aromatic nitrogens is 2. The third-order valence-corrected chi connectivity index (χ3v) is 6.05. The molecule has 0 saturated carbocycles. The van der Waals surface area contributed by atoms with Crippen molar-refractivity contribution < 1.29 is 13.9 Å². The molecule has 1 amide bonds. The normalized spacial score (nSPS) is 20.1. The van der Waals surface area contributed by atoms with E-state index in [0.717, 1.165) is 34.5 Å². The molecule has 0 spiro atoms. The molecule has 1 saturated heterocycles. The second-order valence-corrected chi connectivity index (χ2v) is 8.50. The van der Waals surface area contributed by atoms with Crippen LogP contribution in [0.2, 0.25) is 0 Å². The van der Waals surface area contributed by atoms with Gasteiger partial charge in [-0.05, 0) is 67.7 Å². The summed E-state index contributed by atoms with van der Waals surface area (Å²) >= 11 is 0. The van der Waals surface area contributed by atoms with Crippen LogP contribution in [0.15, 0.2) is 60.6 Å². The highest BCUT2D eigenvalue weighted by atomic mass is 19.1. The standard InChI is InChI=1S/C26H28FN3O2/c1-17-11-19(3)30(15-20-5-8-22(27)9-6-20)26(31)23(17)12-21-7-10-24(25(13-21)32-4)29-14-18(2)28-16-29/h5-10,12-14,16-17,19H,11,15H2,1-4H3/t17-,19-/m0/s1. The van der Waals surface area contributed by atoms with Crippen molar-refractivity contribution in [1.29, 1.82) is 0 Å². The Balaban J connectivity index is 1.63. The highest BCUT2D eigenvalue weighted by Crippen LogP contribution is 2.32. The zero-order valence-electron chi connectivity index (χ0n) is 18.9. The molecule has 1 aromatic heterocycles. The lowest BCUT2D eigenvalue weighted by Gasteiger charge is -2.38. The second-order valence-electron chi connectivity index (χ2n) is 8.50. The maximum atomic E-state index is 13.4. The van der Waals surface area contributed by atoms with Crippen molar-refractivity contribution in [2.75, 3.05) is 7.11 Å². The van der Waals surface area contributed by atoms with Gasteiger partial charge in [0.05, 0.1) is 24.8 Å². The quantitative estimate of drug-likeness (QED) is 0.522. The van der Waals surface area contributed by atoms with E-state index in [2.05, 4.69) is 18.8 Å². The molecule has 1 aliphatic rings. The van der Waals surface area contributed by atoms with Crippen LogP contribution in [-0.4, -0.2) is 33.5 Å². The number of rotatable bonds is 5. The molecule has 0 N–H and O–H groups in total. The van der Waals surface area contributed by atoms with E-state index in [1.165, 1.54) is 12.1 Å². The molecule has 1 aliphatic heterocycles. The molecular weight excluding hydrogens is 405 g/mol. The van der Waals surface area contributed by atoms with Crippen LogP contribution in [0.1, 0.15) is 37.1 Å². The van der Waals surface area contributed by atoms with Crippen LogP contribution in [0.25, 0.3) is 11.8 Å². The van der Waals surface area contributed by atoms with Gasteiger partial charge in [-0.1, -0.05) is 25.1 Å². The Morgan fingerprint density at radius 3 is 2.59 bits per heavy atom. The fourth-order valence-electron chi connectivity index (χ4n) is 4.29. The Kier molecular flexibility index (Phi) is 6.12. The van der Waals surface area contributed by atoms with Crippen molar-refractivity contribution in [2.24, 2.45) is 5.92 Å². The molecule has 0 unspecified atom stereocenters. The van der Waals surface area contributed by atoms with Gasteiger partial charge < -0.3 is 14.2 Å². The Bertz CT molecular complexity index is 1150. The predicted octanol–water partition coefficient (Wildman–Crippen LogP) is 5.17. The highest BCUT2D eigenvalue weighted by molar-refractivity contribution is 5.99. The Hall–Kier alpha value is -3.41. The van der Waals surface area contributed by atoms with E-state index < -0.39 is 0 Å². The van der Waals surface area contributed by atoms with Gasteiger partial charge in [0.15, 0.2) is 0 Å². The maximum absolute atomic E-state index is 13.4. The van der Waals surface area contributed by atoms with Gasteiger partial charge >= 0.3 is 0 Å². The molecule has 1 fully saturated rings. The van der Waals surface area contributed by atoms with E-state index in [1.807, 2.05) is 46.9 Å². The molecule has 0 bridgehead atoms. The van der Waals surface area contributed by atoms with Crippen molar-refractivity contribution in [1.82, 2.24) is 14.5 Å². The topological polar surface area (TPSA) is 47.4 Å². The summed E-state index contributed by atoms with van der Waals surface area (Å²) in [7, 11) is 1.64. The first-order chi connectivity index (χ1) is 15.4. The number of carbonyl (C=O) groups is 1. The minimum Gasteiger partial charge on any atom is -0.495 e. The van der Waals surface area contributed by atoms with Gasteiger partial charge in [-0.15, -0.1) is 0 Å². The van der Waals surface area contributed by atoms with Crippen LogP contribution in [0.4, 0.5) is 4.39 Å². The van der Waals surface area contributed by atoms with Gasteiger partial charge in [-0.3, -0.25) is 4.79 Å². The summed E-state index contributed by atoms with van der Waals surface area (Å²) in [5.41, 5.74) is 4.43. The third-order valence-electron chi connectivity index (χ3n) is 6.05. The van der Waals surface area contributed by atoms with E-state index in [-0.39, 0.29) is 23.7 Å². The first-order valence-electron chi connectivity index (χ1n) is 10.8. The van der Waals surface area contributed by atoms with Crippen molar-refractivity contribution in [2.45, 2.75) is 39.8 Å². The minimum absolute atomic E-state index is 0.0221. The summed E-state index contributed by atoms with van der Waals surface area (Å²) in [5.74, 6) is 0.603. The summed E-state index contributed by atoms with van der Waals surface area (Å²) in [6.07, 6.45) is 6.54. The second kappa shape index (κ2) is 8.99. The monoisotopic (exact) mass is 433 g/mol. The Morgan fingerprint density at radius 1 is 1.19 bits per heavy atom. The number of ether oxygens (including phenoxy) is 1. The summed E-state index contributed by atoms with van der Waals surface area (Å²) in [6, 6.07) is 12.4. The zero-order chi connectivity index (χ0) is 22.8. The van der Waals surface area contributed by atoms with Crippen molar-refractivity contribution in [3.05, 3.63) is 83.2 Å². The summed E-state index contributed by atoms with van der Waals surface area (Å²) in [6.45, 7) is 6.57. The van der Waals surface area contributed by atoms with Crippen LogP contribution < -0.4 is 4.74 Å². The number of amides is 1. The number of likely N-dealkylation sites (tertiary alicyclic amines) is 1. The fourth-order valence-corrected chi connectivity index (χ4v) is 4.29. The average molecular weight is 434 g/mol. The molecule has 2 atom stereocenters. The molecule has 6 heteroatoms. The van der Waals surface area contributed by atoms with Crippen LogP contribution in [0, 0.1) is 18.7 Å². The number of piperidine rings is 1. The zero-order valence-corrected chi connectivity index (χ0v) is 18.9. The lowest BCUT2D eigenvalue weighted by atomic mass is 9.86. The van der Waals surface area contributed by atoms with E-state index in [1.54, 1.807) is 25.6 Å². The number of aryl methyl sites for hydroxylation is 1. The van der Waals surface area contributed by atoms with E-state index >= 15 is 0 Å². The number of halogens is 1. The average Bonchev–Trinajstić information content (AvgIpc) is 3.21. The number of carbonyl (C=O) groups excluding carboxylic acids is 1. The van der Waals surface area contributed by atoms with Gasteiger partial charge in [-0.2, -0.15) is 0 Å². The molecular formula is C26H28FN3O2. The number of imidazole rings is 1. The third kappa shape index (κ3) is 4.44. The van der Waals surface area contributed by atoms with Gasteiger partial charge in [0, 0.05) is 24.4 Å². The SMILES string of the molecule is COc1cc(C=C2C(=O)N(Cc3ccc(F)cc3)[C@@H](C)C[C@@H]2C)ccc1-n1cnc(C)c1. The Labute approximate surface area is 188 Å². The predicted molar refractivity (Wildman–Crippen MR) is 123 cm³/mol. The van der Waals surface area contributed by atoms with E-state index in [4.69, 9.17) is 4.74 Å². The van der Waals surface area contributed by atoms with Crippen LogP contribution in [0.3, 0.4) is 0 Å². The number of hydrogen-bond donors (Lipinski definition) is 0. The number of hydrogen-bond acceptors (Lipinski definition) is 3. The van der Waals surface area contributed by atoms with Gasteiger partial charge in [-0.25, -0.2) is 9.37 Å². The van der Waals surface area contributed by atoms with Crippen molar-refractivity contribution >= 4 is 12.0 Å². The summed E-state index contributed by atoms with van der Waals surface area (Å²) < 4.78 is 20.8. The molecule has 3 aromatic rings. The minimum atomic E-state index is -0.274. The largest absolute Gasteiger partial charge is 0.495 e. The molecule has 2 aromatic carbocycles. The molecule has 0 aliphatic carbocycles. The molecule has 0 radical (unpaired) electrons. The Morgan fingerprint density at radius 2 is 1.94 bits per heavy atom. The van der Waals surface area contributed by atoms with Gasteiger partial charge in [0.1, 0.15) is 11.6 Å². The van der Waals surface area contributed by atoms with Gasteiger partial charge in [0.25, 0.3) is 5.91 Å². The van der Waals surface area contributed by atoms with E-state index in [0.29, 0.717) is 12.3 Å². The van der Waals surface area contributed by atoms with Crippen LogP contribution in [-0.2, 0) is 11.3 Å². The fraction of sp³-hybridized carbons (Fsp3) is 0.308. The molecule has 166 valence electrons. The number of benzene rings is 2. The smallest absolute Gasteiger partial charge is 0.250 e. The molecule has 2 heterocycles. The summed E-state index contributed by atoms with van der Waals surface area (Å²) in [5, 5.41) is 0.